The Morgan fingerprint density at radius 1 is 1.26 bits per heavy atom. The van der Waals surface area contributed by atoms with Crippen LogP contribution in [0.15, 0.2) is 0 Å². The van der Waals surface area contributed by atoms with Crippen LogP contribution in [0.4, 0.5) is 13.2 Å². The lowest BCUT2D eigenvalue weighted by atomic mass is 10.2. The highest BCUT2D eigenvalue weighted by molar-refractivity contribution is 5.88. The summed E-state index contributed by atoms with van der Waals surface area (Å²) in [6.45, 7) is -0.227. The fourth-order valence-electron chi connectivity index (χ4n) is 2.78. The zero-order valence-corrected chi connectivity index (χ0v) is 12.7. The van der Waals surface area contributed by atoms with Crippen molar-refractivity contribution in [2.45, 2.75) is 44.0 Å². The molecule has 132 valence electrons. The Morgan fingerprint density at radius 2 is 2.04 bits per heavy atom. The highest BCUT2D eigenvalue weighted by Gasteiger charge is 2.36. The molecule has 1 N–H and O–H groups in total. The molecule has 0 aromatic carbocycles. The monoisotopic (exact) mass is 338 g/mol. The molecule has 2 heterocycles. The van der Waals surface area contributed by atoms with Gasteiger partial charge in [0, 0.05) is 13.2 Å². The Balaban J connectivity index is 1.75. The Morgan fingerprint density at radius 3 is 2.70 bits per heavy atom. The molecule has 2 amide bonds. The van der Waals surface area contributed by atoms with Gasteiger partial charge >= 0.3 is 6.18 Å². The van der Waals surface area contributed by atoms with Crippen LogP contribution >= 0.6 is 0 Å². The molecule has 2 fully saturated rings. The first-order chi connectivity index (χ1) is 10.9. The fraction of sp³-hybridized carbons (Fsp3) is 0.857. The lowest BCUT2D eigenvalue weighted by Gasteiger charge is -2.24. The molecule has 6 nitrogen and oxygen atoms in total. The minimum Gasteiger partial charge on any atom is -0.376 e. The molecule has 0 radical (unpaired) electrons. The molecule has 0 saturated carbocycles. The lowest BCUT2D eigenvalue weighted by molar-refractivity contribution is -0.147. The molecule has 0 aliphatic carbocycles. The van der Waals surface area contributed by atoms with E-state index in [0.717, 1.165) is 12.8 Å². The number of amides is 2. The first-order valence-electron chi connectivity index (χ1n) is 7.70. The number of rotatable bonds is 6. The van der Waals surface area contributed by atoms with Gasteiger partial charge in [0.05, 0.1) is 12.7 Å². The van der Waals surface area contributed by atoms with Gasteiger partial charge in [0.15, 0.2) is 0 Å². The van der Waals surface area contributed by atoms with Gasteiger partial charge in [0.25, 0.3) is 0 Å². The number of likely N-dealkylation sites (tertiary alicyclic amines) is 1. The Labute approximate surface area is 132 Å². The molecule has 0 spiro atoms. The minimum absolute atomic E-state index is 0.00717. The van der Waals surface area contributed by atoms with E-state index in [0.29, 0.717) is 32.6 Å². The van der Waals surface area contributed by atoms with Gasteiger partial charge in [-0.2, -0.15) is 13.2 Å². The summed E-state index contributed by atoms with van der Waals surface area (Å²) in [4.78, 5) is 25.2. The number of nitrogens with zero attached hydrogens (tertiary/aromatic N) is 1. The maximum Gasteiger partial charge on any atom is 0.405 e. The molecule has 2 aliphatic rings. The number of nitrogens with one attached hydrogen (secondary N) is 1. The van der Waals surface area contributed by atoms with Crippen LogP contribution in [-0.2, 0) is 19.1 Å². The summed E-state index contributed by atoms with van der Waals surface area (Å²) >= 11 is 0. The van der Waals surface area contributed by atoms with E-state index in [-0.39, 0.29) is 18.6 Å². The first kappa shape index (κ1) is 18.0. The smallest absolute Gasteiger partial charge is 0.376 e. The molecule has 9 heteroatoms. The number of carbonyl (C=O) groups is 2. The van der Waals surface area contributed by atoms with Crippen LogP contribution in [-0.4, -0.2) is 67.9 Å². The number of carbonyl (C=O) groups excluding carboxylic acids is 2. The fourth-order valence-corrected chi connectivity index (χ4v) is 2.78. The third-order valence-electron chi connectivity index (χ3n) is 3.89. The van der Waals surface area contributed by atoms with Crippen LogP contribution in [0.5, 0.6) is 0 Å². The van der Waals surface area contributed by atoms with Gasteiger partial charge in [0.1, 0.15) is 19.2 Å². The molecule has 2 rings (SSSR count). The van der Waals surface area contributed by atoms with E-state index >= 15 is 0 Å². The van der Waals surface area contributed by atoms with Gasteiger partial charge in [-0.3, -0.25) is 9.59 Å². The van der Waals surface area contributed by atoms with Crippen LogP contribution in [0, 0.1) is 0 Å². The van der Waals surface area contributed by atoms with E-state index < -0.39 is 24.7 Å². The highest BCUT2D eigenvalue weighted by atomic mass is 19.4. The van der Waals surface area contributed by atoms with Crippen molar-refractivity contribution in [1.82, 2.24) is 10.2 Å². The Kier molecular flexibility index (Phi) is 6.23. The number of alkyl halides is 3. The largest absolute Gasteiger partial charge is 0.405 e. The molecule has 2 aliphatic heterocycles. The van der Waals surface area contributed by atoms with Crippen LogP contribution in [0.25, 0.3) is 0 Å². The summed E-state index contributed by atoms with van der Waals surface area (Å²) in [5.74, 6) is -1.15. The molecule has 0 aromatic rings. The summed E-state index contributed by atoms with van der Waals surface area (Å²) in [5.41, 5.74) is 0. The number of ether oxygens (including phenoxy) is 2. The normalized spacial score (nSPS) is 24.9. The molecule has 23 heavy (non-hydrogen) atoms. The Hall–Kier alpha value is -1.35. The van der Waals surface area contributed by atoms with Crippen LogP contribution in [0.1, 0.15) is 25.7 Å². The molecule has 0 bridgehead atoms. The summed E-state index contributed by atoms with van der Waals surface area (Å²) in [6.07, 6.45) is -1.67. The SMILES string of the molecule is O=C(NCC(F)(F)F)[C@H]1CCCN1C(=O)COC[C@@H]1CCCO1. The zero-order valence-electron chi connectivity index (χ0n) is 12.7. The van der Waals surface area contributed by atoms with Gasteiger partial charge in [-0.05, 0) is 25.7 Å². The lowest BCUT2D eigenvalue weighted by Crippen LogP contribution is -2.49. The molecule has 2 atom stereocenters. The van der Waals surface area contributed by atoms with Gasteiger partial charge < -0.3 is 19.7 Å². The summed E-state index contributed by atoms with van der Waals surface area (Å²) in [7, 11) is 0. The van der Waals surface area contributed by atoms with Gasteiger partial charge in [-0.15, -0.1) is 0 Å². The third-order valence-corrected chi connectivity index (χ3v) is 3.89. The van der Waals surface area contributed by atoms with Crippen molar-refractivity contribution in [3.8, 4) is 0 Å². The number of hydrogen-bond acceptors (Lipinski definition) is 4. The molecule has 2 saturated heterocycles. The highest BCUT2D eigenvalue weighted by Crippen LogP contribution is 2.19. The third kappa shape index (κ3) is 5.65. The van der Waals surface area contributed by atoms with Crippen molar-refractivity contribution in [1.29, 1.82) is 0 Å². The van der Waals surface area contributed by atoms with Crippen molar-refractivity contribution < 1.29 is 32.2 Å². The molecule has 0 unspecified atom stereocenters. The van der Waals surface area contributed by atoms with E-state index in [1.165, 1.54) is 4.90 Å². The van der Waals surface area contributed by atoms with Crippen molar-refractivity contribution in [2.24, 2.45) is 0 Å². The van der Waals surface area contributed by atoms with Gasteiger partial charge in [-0.1, -0.05) is 0 Å². The molecular formula is C14H21F3N2O4. The molecule has 0 aromatic heterocycles. The summed E-state index contributed by atoms with van der Waals surface area (Å²) < 4.78 is 47.1. The number of hydrogen-bond donors (Lipinski definition) is 1. The van der Waals surface area contributed by atoms with E-state index in [1.807, 2.05) is 5.32 Å². The second-order valence-corrected chi connectivity index (χ2v) is 5.73. The van der Waals surface area contributed by atoms with E-state index in [1.54, 1.807) is 0 Å². The van der Waals surface area contributed by atoms with Crippen LogP contribution < -0.4 is 5.32 Å². The second-order valence-electron chi connectivity index (χ2n) is 5.73. The van der Waals surface area contributed by atoms with Gasteiger partial charge in [-0.25, -0.2) is 0 Å². The summed E-state index contributed by atoms with van der Waals surface area (Å²) in [5, 5.41) is 1.83. The standard InChI is InChI=1S/C14H21F3N2O4/c15-14(16,17)9-18-13(21)11-4-1-5-19(11)12(20)8-22-7-10-3-2-6-23-10/h10-11H,1-9H2,(H,18,21)/t10-,11+/m0/s1. The van der Waals surface area contributed by atoms with Crippen molar-refractivity contribution in [3.05, 3.63) is 0 Å². The van der Waals surface area contributed by atoms with Crippen molar-refractivity contribution >= 4 is 11.8 Å². The Bertz CT molecular complexity index is 425. The minimum atomic E-state index is -4.46. The second kappa shape index (κ2) is 7.96. The zero-order chi connectivity index (χ0) is 16.9. The van der Waals surface area contributed by atoms with Crippen molar-refractivity contribution in [2.75, 3.05) is 32.9 Å². The van der Waals surface area contributed by atoms with E-state index in [9.17, 15) is 22.8 Å². The first-order valence-corrected chi connectivity index (χ1v) is 7.70. The van der Waals surface area contributed by atoms with E-state index in [4.69, 9.17) is 9.47 Å². The average Bonchev–Trinajstić information content (AvgIpc) is 3.14. The predicted molar refractivity (Wildman–Crippen MR) is 73.6 cm³/mol. The van der Waals surface area contributed by atoms with Crippen molar-refractivity contribution in [3.63, 3.8) is 0 Å². The topological polar surface area (TPSA) is 67.9 Å². The van der Waals surface area contributed by atoms with E-state index in [2.05, 4.69) is 0 Å². The summed E-state index contributed by atoms with van der Waals surface area (Å²) in [6, 6.07) is -0.851. The van der Waals surface area contributed by atoms with Crippen LogP contribution in [0.2, 0.25) is 0 Å². The quantitative estimate of drug-likeness (QED) is 0.780. The molecular weight excluding hydrogens is 317 g/mol. The predicted octanol–water partition coefficient (Wildman–Crippen LogP) is 0.851. The van der Waals surface area contributed by atoms with Gasteiger partial charge in [0.2, 0.25) is 11.8 Å². The maximum atomic E-state index is 12.1. The van der Waals surface area contributed by atoms with Crippen LogP contribution in [0.3, 0.4) is 0 Å². The average molecular weight is 338 g/mol. The maximum absolute atomic E-state index is 12.1. The number of halogens is 3.